The smallest absolute Gasteiger partial charge is 0.271 e. The van der Waals surface area contributed by atoms with Gasteiger partial charge in [0.2, 0.25) is 11.8 Å². The molecule has 1 atom stereocenters. The Morgan fingerprint density at radius 1 is 1.14 bits per heavy atom. The predicted octanol–water partition coefficient (Wildman–Crippen LogP) is 3.28. The van der Waals surface area contributed by atoms with Crippen LogP contribution in [0.1, 0.15) is 12.8 Å². The number of morpholine rings is 1. The first-order chi connectivity index (χ1) is 17.0. The number of amidine groups is 1. The van der Waals surface area contributed by atoms with E-state index in [1.165, 1.54) is 30.0 Å². The summed E-state index contributed by atoms with van der Waals surface area (Å²) < 4.78 is 5.39. The van der Waals surface area contributed by atoms with E-state index in [9.17, 15) is 19.7 Å². The molecule has 0 aromatic heterocycles. The lowest BCUT2D eigenvalue weighted by atomic mass is 10.2. The van der Waals surface area contributed by atoms with E-state index in [4.69, 9.17) is 4.74 Å². The van der Waals surface area contributed by atoms with E-state index in [0.29, 0.717) is 17.4 Å². The van der Waals surface area contributed by atoms with Crippen LogP contribution in [0, 0.1) is 10.1 Å². The number of ether oxygens (including phenoxy) is 1. The summed E-state index contributed by atoms with van der Waals surface area (Å²) in [6.07, 6.45) is 0.729. The van der Waals surface area contributed by atoms with Gasteiger partial charge in [-0.3, -0.25) is 29.5 Å². The lowest BCUT2D eigenvalue weighted by Crippen LogP contribution is -2.39. The van der Waals surface area contributed by atoms with Crippen molar-refractivity contribution in [3.8, 4) is 0 Å². The molecule has 4 rings (SSSR count). The summed E-state index contributed by atoms with van der Waals surface area (Å²) in [5.41, 5.74) is 0.945. The number of hydrogen-bond acceptors (Lipinski definition) is 8. The zero-order valence-electron chi connectivity index (χ0n) is 19.2. The first kappa shape index (κ1) is 24.8. The van der Waals surface area contributed by atoms with Crippen molar-refractivity contribution in [3.05, 3.63) is 64.7 Å². The quantitative estimate of drug-likeness (QED) is 0.417. The van der Waals surface area contributed by atoms with Gasteiger partial charge >= 0.3 is 0 Å². The second kappa shape index (κ2) is 11.9. The van der Waals surface area contributed by atoms with Crippen LogP contribution in [-0.4, -0.2) is 76.3 Å². The molecule has 2 fully saturated rings. The molecule has 0 aliphatic carbocycles. The van der Waals surface area contributed by atoms with E-state index >= 15 is 0 Å². The molecule has 11 heteroatoms. The third kappa shape index (κ3) is 6.87. The number of aliphatic imine (C=N–C) groups is 1. The van der Waals surface area contributed by atoms with E-state index in [2.05, 4.69) is 15.2 Å². The maximum absolute atomic E-state index is 13.2. The normalized spacial score (nSPS) is 19.8. The van der Waals surface area contributed by atoms with Gasteiger partial charge in [0.05, 0.1) is 23.8 Å². The van der Waals surface area contributed by atoms with Crippen LogP contribution < -0.4 is 5.32 Å². The van der Waals surface area contributed by atoms with Gasteiger partial charge in [-0.1, -0.05) is 36.0 Å². The molecular formula is C24H27N5O5S. The molecule has 2 amide bonds. The van der Waals surface area contributed by atoms with Crippen LogP contribution in [0.25, 0.3) is 0 Å². The van der Waals surface area contributed by atoms with Gasteiger partial charge in [-0.15, -0.1) is 0 Å². The van der Waals surface area contributed by atoms with Gasteiger partial charge in [0.15, 0.2) is 5.17 Å². The van der Waals surface area contributed by atoms with E-state index in [0.717, 1.165) is 45.0 Å². The summed E-state index contributed by atoms with van der Waals surface area (Å²) in [6.45, 7) is 4.58. The summed E-state index contributed by atoms with van der Waals surface area (Å²) in [6, 6.07) is 15.1. The molecule has 10 nitrogen and oxygen atoms in total. The fourth-order valence-electron chi connectivity index (χ4n) is 3.90. The van der Waals surface area contributed by atoms with Crippen molar-refractivity contribution in [2.45, 2.75) is 18.1 Å². The van der Waals surface area contributed by atoms with E-state index < -0.39 is 10.2 Å². The van der Waals surface area contributed by atoms with Gasteiger partial charge in [0.25, 0.3) is 5.69 Å². The molecule has 1 N–H and O–H groups in total. The van der Waals surface area contributed by atoms with Crippen molar-refractivity contribution in [2.75, 3.05) is 44.7 Å². The topological polar surface area (TPSA) is 117 Å². The maximum atomic E-state index is 13.2. The largest absolute Gasteiger partial charge is 0.379 e. The third-order valence-electron chi connectivity index (χ3n) is 5.67. The minimum atomic E-state index is -0.612. The summed E-state index contributed by atoms with van der Waals surface area (Å²) in [5.74, 6) is -0.536. The Kier molecular flexibility index (Phi) is 8.45. The van der Waals surface area contributed by atoms with Crippen LogP contribution in [0.2, 0.25) is 0 Å². The average Bonchev–Trinajstić information content (AvgIpc) is 3.14. The van der Waals surface area contributed by atoms with Crippen molar-refractivity contribution in [3.63, 3.8) is 0 Å². The Labute approximate surface area is 207 Å². The fraction of sp³-hybridized carbons (Fsp3) is 0.375. The van der Waals surface area contributed by atoms with Crippen LogP contribution in [0.3, 0.4) is 0 Å². The molecule has 2 aliphatic rings. The Morgan fingerprint density at radius 2 is 1.91 bits per heavy atom. The summed E-state index contributed by atoms with van der Waals surface area (Å²) in [5, 5.41) is 13.6. The number of rotatable bonds is 9. The van der Waals surface area contributed by atoms with Crippen LogP contribution in [-0.2, 0) is 14.3 Å². The predicted molar refractivity (Wildman–Crippen MR) is 135 cm³/mol. The average molecular weight is 498 g/mol. The Morgan fingerprint density at radius 3 is 2.66 bits per heavy atom. The Hall–Kier alpha value is -3.28. The van der Waals surface area contributed by atoms with E-state index in [-0.39, 0.29) is 23.9 Å². The number of non-ortho nitro benzene ring substituents is 1. The zero-order valence-corrected chi connectivity index (χ0v) is 20.0. The summed E-state index contributed by atoms with van der Waals surface area (Å²) in [7, 11) is 0. The number of amides is 2. The van der Waals surface area contributed by atoms with Gasteiger partial charge in [-0.25, -0.2) is 4.99 Å². The lowest BCUT2D eigenvalue weighted by Gasteiger charge is -2.27. The second-order valence-corrected chi connectivity index (χ2v) is 9.36. The minimum absolute atomic E-state index is 0.0556. The van der Waals surface area contributed by atoms with Crippen LogP contribution >= 0.6 is 11.8 Å². The minimum Gasteiger partial charge on any atom is -0.379 e. The van der Waals surface area contributed by atoms with Gasteiger partial charge in [0, 0.05) is 50.4 Å². The van der Waals surface area contributed by atoms with Crippen molar-refractivity contribution < 1.29 is 19.2 Å². The molecule has 0 saturated carbocycles. The lowest BCUT2D eigenvalue weighted by molar-refractivity contribution is -0.384. The van der Waals surface area contributed by atoms with Crippen LogP contribution in [0.15, 0.2) is 59.6 Å². The van der Waals surface area contributed by atoms with E-state index in [1.54, 1.807) is 11.0 Å². The highest BCUT2D eigenvalue weighted by Gasteiger charge is 2.39. The Balaban J connectivity index is 1.42. The SMILES string of the molecule is O=C(CC1SC(=Nc2ccccc2)N(CCCN2CCOCC2)C1=O)Nc1cccc([N+](=O)[O-])c1. The first-order valence-corrected chi connectivity index (χ1v) is 12.3. The van der Waals surface area contributed by atoms with Crippen molar-refractivity contribution in [2.24, 2.45) is 4.99 Å². The molecule has 2 aromatic carbocycles. The van der Waals surface area contributed by atoms with Gasteiger partial charge in [-0.05, 0) is 24.6 Å². The number of nitro groups is 1. The molecule has 184 valence electrons. The fourth-order valence-corrected chi connectivity index (χ4v) is 5.08. The first-order valence-electron chi connectivity index (χ1n) is 11.5. The van der Waals surface area contributed by atoms with Crippen molar-refractivity contribution in [1.29, 1.82) is 0 Å². The Bertz CT molecular complexity index is 1090. The number of thioether (sulfide) groups is 1. The number of anilines is 1. The molecular weight excluding hydrogens is 470 g/mol. The van der Waals surface area contributed by atoms with Crippen LogP contribution in [0.4, 0.5) is 17.1 Å². The monoisotopic (exact) mass is 497 g/mol. The molecule has 2 heterocycles. The number of nitrogens with one attached hydrogen (secondary N) is 1. The number of para-hydroxylation sites is 1. The van der Waals surface area contributed by atoms with Crippen molar-refractivity contribution in [1.82, 2.24) is 9.80 Å². The molecule has 2 aliphatic heterocycles. The molecule has 0 radical (unpaired) electrons. The molecule has 2 aromatic rings. The molecule has 2 saturated heterocycles. The van der Waals surface area contributed by atoms with Gasteiger partial charge < -0.3 is 10.1 Å². The second-order valence-electron chi connectivity index (χ2n) is 8.19. The van der Waals surface area contributed by atoms with Gasteiger partial charge in [0.1, 0.15) is 5.25 Å². The number of hydrogen-bond donors (Lipinski definition) is 1. The standard InChI is InChI=1S/C24H27N5O5S/c30-22(25-19-8-4-9-20(16-19)29(32)33)17-21-23(31)28(11-5-10-27-12-14-34-15-13-27)24(35-21)26-18-6-2-1-3-7-18/h1-4,6-9,16,21H,5,10-15,17H2,(H,25,30). The maximum Gasteiger partial charge on any atom is 0.271 e. The molecule has 1 unspecified atom stereocenters. The highest BCUT2D eigenvalue weighted by atomic mass is 32.2. The number of nitro benzene ring substituents is 1. The number of carbonyl (C=O) groups is 2. The summed E-state index contributed by atoms with van der Waals surface area (Å²) in [4.78, 5) is 45.0. The molecule has 35 heavy (non-hydrogen) atoms. The van der Waals surface area contributed by atoms with E-state index in [1.807, 2.05) is 30.3 Å². The van der Waals surface area contributed by atoms with Gasteiger partial charge in [-0.2, -0.15) is 0 Å². The number of nitrogens with zero attached hydrogens (tertiary/aromatic N) is 4. The summed E-state index contributed by atoms with van der Waals surface area (Å²) >= 11 is 1.28. The van der Waals surface area contributed by atoms with Crippen LogP contribution in [0.5, 0.6) is 0 Å². The molecule has 0 bridgehead atoms. The highest BCUT2D eigenvalue weighted by Crippen LogP contribution is 2.32. The zero-order chi connectivity index (χ0) is 24.6. The molecule has 0 spiro atoms. The number of benzene rings is 2. The highest BCUT2D eigenvalue weighted by molar-refractivity contribution is 8.15. The number of carbonyl (C=O) groups excluding carboxylic acids is 2. The third-order valence-corrected chi connectivity index (χ3v) is 6.85. The van der Waals surface area contributed by atoms with Crippen molar-refractivity contribution >= 4 is 45.8 Å².